The Kier molecular flexibility index (Phi) is 9.47. The highest BCUT2D eigenvalue weighted by Gasteiger charge is 2.35. The average Bonchev–Trinajstić information content (AvgIpc) is 2.40. The smallest absolute Gasteiger partial charge is 0.114 e. The van der Waals surface area contributed by atoms with Crippen LogP contribution >= 0.6 is 0 Å². The van der Waals surface area contributed by atoms with Crippen LogP contribution in [0.1, 0.15) is 19.8 Å². The van der Waals surface area contributed by atoms with Gasteiger partial charge in [0.05, 0.1) is 13.2 Å². The molecule has 0 heterocycles. The van der Waals surface area contributed by atoms with Gasteiger partial charge in [-0.05, 0) is 6.42 Å². The van der Waals surface area contributed by atoms with Crippen molar-refractivity contribution < 1.29 is 35.4 Å². The minimum atomic E-state index is -1.66. The maximum atomic E-state index is 9.76. The zero-order valence-electron chi connectivity index (χ0n) is 10.5. The summed E-state index contributed by atoms with van der Waals surface area (Å²) < 4.78 is 5.20. The lowest BCUT2D eigenvalue weighted by atomic mass is 9.99. The van der Waals surface area contributed by atoms with Crippen molar-refractivity contribution in [1.29, 1.82) is 0 Å². The van der Waals surface area contributed by atoms with Crippen LogP contribution in [-0.2, 0) is 4.74 Å². The van der Waals surface area contributed by atoms with Crippen molar-refractivity contribution in [3.63, 3.8) is 0 Å². The van der Waals surface area contributed by atoms with E-state index < -0.39 is 43.7 Å². The van der Waals surface area contributed by atoms with Gasteiger partial charge >= 0.3 is 0 Å². The predicted octanol–water partition coefficient (Wildman–Crippen LogP) is -2.40. The minimum Gasteiger partial charge on any atom is -0.394 e. The molecule has 0 aliphatic heterocycles. The van der Waals surface area contributed by atoms with E-state index in [9.17, 15) is 20.4 Å². The van der Waals surface area contributed by atoms with Gasteiger partial charge in [0.1, 0.15) is 30.5 Å². The Labute approximate surface area is 106 Å². The highest BCUT2D eigenvalue weighted by Crippen LogP contribution is 2.13. The van der Waals surface area contributed by atoms with Crippen LogP contribution in [0, 0.1) is 0 Å². The van der Waals surface area contributed by atoms with Gasteiger partial charge in [0, 0.05) is 6.61 Å². The number of hydrogen-bond donors (Lipinski definition) is 6. The Bertz CT molecular complexity index is 202. The fourth-order valence-corrected chi connectivity index (χ4v) is 1.43. The Morgan fingerprint density at radius 3 is 1.89 bits per heavy atom. The van der Waals surface area contributed by atoms with Gasteiger partial charge in [-0.1, -0.05) is 13.3 Å². The average molecular weight is 268 g/mol. The van der Waals surface area contributed by atoms with E-state index in [1.54, 1.807) is 0 Å². The molecule has 0 aromatic heterocycles. The monoisotopic (exact) mass is 268 g/mol. The third-order valence-corrected chi connectivity index (χ3v) is 2.64. The summed E-state index contributed by atoms with van der Waals surface area (Å²) in [5.41, 5.74) is 0. The number of rotatable bonds is 10. The summed E-state index contributed by atoms with van der Waals surface area (Å²) in [6, 6.07) is 0. The van der Waals surface area contributed by atoms with Gasteiger partial charge in [-0.15, -0.1) is 0 Å². The second kappa shape index (κ2) is 9.62. The molecule has 0 bridgehead atoms. The summed E-state index contributed by atoms with van der Waals surface area (Å²) in [5, 5.41) is 55.5. The van der Waals surface area contributed by atoms with E-state index in [-0.39, 0.29) is 6.61 Å². The lowest BCUT2D eigenvalue weighted by Crippen LogP contribution is -2.52. The molecule has 0 amide bonds. The molecule has 0 saturated heterocycles. The number of unbranched alkanes of at least 4 members (excludes halogenated alkanes) is 1. The molecule has 18 heavy (non-hydrogen) atoms. The van der Waals surface area contributed by atoms with Gasteiger partial charge in [-0.2, -0.15) is 0 Å². The van der Waals surface area contributed by atoms with Gasteiger partial charge in [0.15, 0.2) is 0 Å². The second-order valence-electron chi connectivity index (χ2n) is 4.17. The summed E-state index contributed by atoms with van der Waals surface area (Å²) in [7, 11) is 0. The van der Waals surface area contributed by atoms with Crippen LogP contribution in [0.2, 0.25) is 0 Å². The fraction of sp³-hybridized carbons (Fsp3) is 1.00. The van der Waals surface area contributed by atoms with Crippen LogP contribution in [0.15, 0.2) is 0 Å². The molecule has 0 aromatic rings. The molecule has 0 fully saturated rings. The predicted molar refractivity (Wildman–Crippen MR) is 62.8 cm³/mol. The SMILES string of the molecule is CCCCOC([C@@H](O)C(O)[C@@H](O)CO)[C@@H](O)CO. The summed E-state index contributed by atoms with van der Waals surface area (Å²) >= 11 is 0. The highest BCUT2D eigenvalue weighted by atomic mass is 16.5. The molecule has 5 atom stereocenters. The van der Waals surface area contributed by atoms with Crippen molar-refractivity contribution in [2.45, 2.75) is 50.3 Å². The normalized spacial score (nSPS) is 20.2. The number of aliphatic hydroxyl groups excluding tert-OH is 6. The number of aliphatic hydroxyl groups is 6. The summed E-state index contributed by atoms with van der Waals surface area (Å²) in [6.45, 7) is 0.809. The minimum absolute atomic E-state index is 0.247. The third-order valence-electron chi connectivity index (χ3n) is 2.64. The third kappa shape index (κ3) is 5.57. The van der Waals surface area contributed by atoms with E-state index in [1.807, 2.05) is 6.92 Å². The van der Waals surface area contributed by atoms with Crippen molar-refractivity contribution in [1.82, 2.24) is 0 Å². The van der Waals surface area contributed by atoms with E-state index in [2.05, 4.69) is 0 Å². The molecule has 0 aliphatic rings. The number of hydrogen-bond acceptors (Lipinski definition) is 7. The largest absolute Gasteiger partial charge is 0.394 e. The van der Waals surface area contributed by atoms with Crippen LogP contribution < -0.4 is 0 Å². The molecule has 0 rings (SSSR count). The molecular formula is C11H24O7. The van der Waals surface area contributed by atoms with Crippen molar-refractivity contribution in [2.24, 2.45) is 0 Å². The summed E-state index contributed by atoms with van der Waals surface area (Å²) in [4.78, 5) is 0. The summed E-state index contributed by atoms with van der Waals surface area (Å²) in [6.07, 6.45) is -5.87. The van der Waals surface area contributed by atoms with Gasteiger partial charge in [0.2, 0.25) is 0 Å². The first-order valence-electron chi connectivity index (χ1n) is 6.05. The van der Waals surface area contributed by atoms with Crippen LogP contribution in [0.4, 0.5) is 0 Å². The van der Waals surface area contributed by atoms with Gasteiger partial charge in [0.25, 0.3) is 0 Å². The highest BCUT2D eigenvalue weighted by molar-refractivity contribution is 4.85. The van der Waals surface area contributed by atoms with E-state index in [0.29, 0.717) is 6.42 Å². The first-order valence-corrected chi connectivity index (χ1v) is 6.05. The lowest BCUT2D eigenvalue weighted by Gasteiger charge is -2.31. The zero-order valence-corrected chi connectivity index (χ0v) is 10.5. The van der Waals surface area contributed by atoms with Crippen molar-refractivity contribution >= 4 is 0 Å². The Balaban J connectivity index is 4.52. The van der Waals surface area contributed by atoms with Crippen LogP contribution in [0.3, 0.4) is 0 Å². The molecular weight excluding hydrogens is 244 g/mol. The molecule has 0 radical (unpaired) electrons. The standard InChI is InChI=1S/C11H24O7/c1-2-3-4-18-11(8(15)6-13)10(17)9(16)7(14)5-12/h7-17H,2-6H2,1H3/t7-,8-,9?,10-,11?/m0/s1. The lowest BCUT2D eigenvalue weighted by molar-refractivity contribution is -0.165. The first kappa shape index (κ1) is 17.7. The van der Waals surface area contributed by atoms with E-state index >= 15 is 0 Å². The van der Waals surface area contributed by atoms with Crippen molar-refractivity contribution in [3.05, 3.63) is 0 Å². The number of ether oxygens (including phenoxy) is 1. The van der Waals surface area contributed by atoms with E-state index in [0.717, 1.165) is 6.42 Å². The maximum absolute atomic E-state index is 9.76. The molecule has 0 saturated carbocycles. The van der Waals surface area contributed by atoms with E-state index in [4.69, 9.17) is 14.9 Å². The molecule has 7 nitrogen and oxygen atoms in total. The fourth-order valence-electron chi connectivity index (χ4n) is 1.43. The second-order valence-corrected chi connectivity index (χ2v) is 4.17. The van der Waals surface area contributed by atoms with Crippen molar-refractivity contribution in [3.8, 4) is 0 Å². The van der Waals surface area contributed by atoms with Crippen LogP contribution in [0.5, 0.6) is 0 Å². The maximum Gasteiger partial charge on any atom is 0.114 e. The Hall–Kier alpha value is -0.280. The van der Waals surface area contributed by atoms with E-state index in [1.165, 1.54) is 0 Å². The van der Waals surface area contributed by atoms with Gasteiger partial charge < -0.3 is 35.4 Å². The molecule has 2 unspecified atom stereocenters. The zero-order chi connectivity index (χ0) is 14.1. The topological polar surface area (TPSA) is 131 Å². The quantitative estimate of drug-likeness (QED) is 0.243. The van der Waals surface area contributed by atoms with Crippen LogP contribution in [-0.4, -0.2) is 81.0 Å². The Morgan fingerprint density at radius 2 is 1.44 bits per heavy atom. The Morgan fingerprint density at radius 1 is 0.889 bits per heavy atom. The van der Waals surface area contributed by atoms with Gasteiger partial charge in [-0.3, -0.25) is 0 Å². The molecule has 0 aliphatic carbocycles. The molecule has 6 N–H and O–H groups in total. The molecule has 0 spiro atoms. The first-order chi connectivity index (χ1) is 8.49. The van der Waals surface area contributed by atoms with Crippen molar-refractivity contribution in [2.75, 3.05) is 19.8 Å². The summed E-state index contributed by atoms with van der Waals surface area (Å²) in [5.74, 6) is 0. The molecule has 7 heteroatoms. The molecule has 110 valence electrons. The van der Waals surface area contributed by atoms with Gasteiger partial charge in [-0.25, -0.2) is 0 Å². The van der Waals surface area contributed by atoms with Crippen LogP contribution in [0.25, 0.3) is 0 Å². The molecule has 0 aromatic carbocycles.